The van der Waals surface area contributed by atoms with E-state index < -0.39 is 36.2 Å². The fourth-order valence-electron chi connectivity index (χ4n) is 2.33. The molecule has 0 N–H and O–H groups in total. The third-order valence-corrected chi connectivity index (χ3v) is 3.84. The van der Waals surface area contributed by atoms with Gasteiger partial charge in [-0.15, -0.1) is 0 Å². The molecular weight excluding hydrogens is 385 g/mol. The topological polar surface area (TPSA) is 104 Å². The number of aliphatic carboxylic acids is 1. The third-order valence-electron chi connectivity index (χ3n) is 3.84. The van der Waals surface area contributed by atoms with E-state index in [9.17, 15) is 24.3 Å². The predicted molar refractivity (Wildman–Crippen MR) is 104 cm³/mol. The molecular formula is C21H32NNaO6. The number of rotatable bonds is 14. The quantitative estimate of drug-likeness (QED) is 0.160. The molecule has 0 aromatic rings. The van der Waals surface area contributed by atoms with Crippen molar-refractivity contribution in [3.05, 3.63) is 24.3 Å². The number of carbonyl (C=O) groups is 4. The Kier molecular flexibility index (Phi) is 19.1. The Morgan fingerprint density at radius 2 is 1.38 bits per heavy atom. The molecule has 0 rings (SSSR count). The van der Waals surface area contributed by atoms with Gasteiger partial charge in [-0.2, -0.15) is 0 Å². The zero-order valence-electron chi connectivity index (χ0n) is 18.1. The molecule has 0 aliphatic heterocycles. The van der Waals surface area contributed by atoms with Gasteiger partial charge in [0.1, 0.15) is 6.04 Å². The van der Waals surface area contributed by atoms with Gasteiger partial charge in [-0.05, 0) is 31.4 Å². The first-order chi connectivity index (χ1) is 13.4. The van der Waals surface area contributed by atoms with Crippen LogP contribution in [0.1, 0.15) is 72.1 Å². The molecule has 0 heterocycles. The van der Waals surface area contributed by atoms with E-state index in [1.807, 2.05) is 13.8 Å². The molecule has 0 aliphatic carbocycles. The van der Waals surface area contributed by atoms with Gasteiger partial charge in [0, 0.05) is 12.4 Å². The van der Waals surface area contributed by atoms with Crippen molar-refractivity contribution in [2.45, 2.75) is 78.2 Å². The number of allylic oxidation sites excluding steroid dienone is 2. The second-order valence-corrected chi connectivity index (χ2v) is 6.40. The van der Waals surface area contributed by atoms with Crippen LogP contribution in [-0.2, 0) is 23.9 Å². The molecule has 8 heteroatoms. The van der Waals surface area contributed by atoms with Gasteiger partial charge >= 0.3 is 35.5 Å². The number of carboxylic acid groups (broad SMARTS) is 1. The minimum absolute atomic E-state index is 0. The van der Waals surface area contributed by atoms with E-state index in [4.69, 9.17) is 4.74 Å². The molecule has 0 saturated heterocycles. The summed E-state index contributed by atoms with van der Waals surface area (Å²) in [7, 11) is 0. The summed E-state index contributed by atoms with van der Waals surface area (Å²) in [6.07, 6.45) is 10.2. The van der Waals surface area contributed by atoms with Gasteiger partial charge in [0.2, 0.25) is 0 Å². The van der Waals surface area contributed by atoms with Crippen LogP contribution in [0.2, 0.25) is 0 Å². The molecule has 158 valence electrons. The van der Waals surface area contributed by atoms with Crippen molar-refractivity contribution >= 4 is 23.8 Å². The molecule has 0 saturated carbocycles. The van der Waals surface area contributed by atoms with Gasteiger partial charge in [0.25, 0.3) is 11.8 Å². The number of unbranched alkanes of at least 4 members (excludes halogenated alkanes) is 4. The monoisotopic (exact) mass is 417 g/mol. The first kappa shape index (κ1) is 29.8. The molecule has 2 amide bonds. The van der Waals surface area contributed by atoms with Gasteiger partial charge in [0.15, 0.2) is 0 Å². The van der Waals surface area contributed by atoms with E-state index in [1.54, 1.807) is 19.1 Å². The molecule has 29 heavy (non-hydrogen) atoms. The van der Waals surface area contributed by atoms with Crippen molar-refractivity contribution in [2.75, 3.05) is 6.61 Å². The standard InChI is InChI=1S/C21H33NO6.Na/c1-4-7-9-11-13-18(23)22(19(24)14-12-10-8-5-2)17(16-20(25)26)21(27)28-15-6-3;/h11-14,17H,4-10,15-16H2,1-3H3,(H,25,26);/q;+1/p-1/b13-11+,14-12+;. The summed E-state index contributed by atoms with van der Waals surface area (Å²) < 4.78 is 5.00. The molecule has 0 aromatic carbocycles. The zero-order chi connectivity index (χ0) is 21.4. The number of carbonyl (C=O) groups excluding carboxylic acids is 4. The van der Waals surface area contributed by atoms with Crippen molar-refractivity contribution in [3.63, 3.8) is 0 Å². The first-order valence-corrected chi connectivity index (χ1v) is 9.95. The van der Waals surface area contributed by atoms with E-state index in [2.05, 4.69) is 0 Å². The van der Waals surface area contributed by atoms with Gasteiger partial charge in [-0.25, -0.2) is 4.79 Å². The number of carboxylic acids is 1. The summed E-state index contributed by atoms with van der Waals surface area (Å²) in [6.45, 7) is 5.86. The maximum absolute atomic E-state index is 12.6. The molecule has 7 nitrogen and oxygen atoms in total. The number of hydrogen-bond acceptors (Lipinski definition) is 6. The van der Waals surface area contributed by atoms with Crippen LogP contribution in [0.5, 0.6) is 0 Å². The Balaban J connectivity index is 0. The van der Waals surface area contributed by atoms with Gasteiger partial charge in [-0.3, -0.25) is 14.5 Å². The van der Waals surface area contributed by atoms with E-state index in [-0.39, 0.29) is 36.2 Å². The molecule has 0 aliphatic rings. The molecule has 0 bridgehead atoms. The first-order valence-electron chi connectivity index (χ1n) is 9.95. The fourth-order valence-corrected chi connectivity index (χ4v) is 2.33. The number of ether oxygens (including phenoxy) is 1. The van der Waals surface area contributed by atoms with Gasteiger partial charge < -0.3 is 14.6 Å². The summed E-state index contributed by atoms with van der Waals surface area (Å²) in [5.41, 5.74) is 0. The fraction of sp³-hybridized carbons (Fsp3) is 0.619. The van der Waals surface area contributed by atoms with Crippen molar-refractivity contribution in [2.24, 2.45) is 0 Å². The third kappa shape index (κ3) is 13.4. The summed E-state index contributed by atoms with van der Waals surface area (Å²) in [5.74, 6) is -3.98. The van der Waals surface area contributed by atoms with Crippen LogP contribution in [0, 0.1) is 0 Å². The van der Waals surface area contributed by atoms with Crippen molar-refractivity contribution in [1.29, 1.82) is 0 Å². The van der Waals surface area contributed by atoms with Crippen LogP contribution >= 0.6 is 0 Å². The van der Waals surface area contributed by atoms with Gasteiger partial charge in [-0.1, -0.05) is 58.6 Å². The molecule has 0 fully saturated rings. The SMILES string of the molecule is CCCC/C=C/C(=O)N(C(=O)/C=C/CCCC)C(CC(=O)[O-])C(=O)OCCC.[Na+]. The largest absolute Gasteiger partial charge is 1.00 e. The second-order valence-electron chi connectivity index (χ2n) is 6.40. The number of nitrogens with zero attached hydrogens (tertiary/aromatic N) is 1. The van der Waals surface area contributed by atoms with Crippen LogP contribution in [0.4, 0.5) is 0 Å². The smallest absolute Gasteiger partial charge is 0.550 e. The second kappa shape index (κ2) is 18.6. The molecule has 0 aromatic heterocycles. The normalized spacial score (nSPS) is 11.8. The summed E-state index contributed by atoms with van der Waals surface area (Å²) >= 11 is 0. The number of imide groups is 1. The van der Waals surface area contributed by atoms with E-state index in [0.717, 1.165) is 25.7 Å². The summed E-state index contributed by atoms with van der Waals surface area (Å²) in [4.78, 5) is 49.3. The minimum Gasteiger partial charge on any atom is -0.550 e. The minimum atomic E-state index is -1.57. The maximum Gasteiger partial charge on any atom is 1.00 e. The van der Waals surface area contributed by atoms with E-state index in [1.165, 1.54) is 12.2 Å². The van der Waals surface area contributed by atoms with Crippen LogP contribution in [-0.4, -0.2) is 41.3 Å². The van der Waals surface area contributed by atoms with E-state index >= 15 is 0 Å². The molecule has 0 spiro atoms. The van der Waals surface area contributed by atoms with Crippen LogP contribution in [0.3, 0.4) is 0 Å². The predicted octanol–water partition coefficient (Wildman–Crippen LogP) is -0.700. The molecule has 1 unspecified atom stereocenters. The van der Waals surface area contributed by atoms with Crippen molar-refractivity contribution in [3.8, 4) is 0 Å². The Bertz CT molecular complexity index is 544. The van der Waals surface area contributed by atoms with Crippen LogP contribution in [0.15, 0.2) is 24.3 Å². The Labute approximate surface area is 195 Å². The summed E-state index contributed by atoms with van der Waals surface area (Å²) in [5, 5.41) is 11.1. The van der Waals surface area contributed by atoms with Crippen LogP contribution in [0.25, 0.3) is 0 Å². The zero-order valence-corrected chi connectivity index (χ0v) is 20.1. The van der Waals surface area contributed by atoms with Crippen molar-refractivity contribution in [1.82, 2.24) is 4.90 Å². The Morgan fingerprint density at radius 1 is 0.897 bits per heavy atom. The maximum atomic E-state index is 12.6. The van der Waals surface area contributed by atoms with Crippen LogP contribution < -0.4 is 34.7 Å². The van der Waals surface area contributed by atoms with Crippen molar-refractivity contribution < 1.29 is 58.6 Å². The van der Waals surface area contributed by atoms with E-state index in [0.29, 0.717) is 24.2 Å². The number of hydrogen-bond donors (Lipinski definition) is 0. The molecule has 1 atom stereocenters. The summed E-state index contributed by atoms with van der Waals surface area (Å²) in [6, 6.07) is -1.57. The Morgan fingerprint density at radius 3 is 1.76 bits per heavy atom. The Hall–Kier alpha value is -1.44. The average molecular weight is 417 g/mol. The average Bonchev–Trinajstić information content (AvgIpc) is 2.65. The number of amides is 2. The number of esters is 1. The van der Waals surface area contributed by atoms with Gasteiger partial charge in [0.05, 0.1) is 6.61 Å². The molecule has 0 radical (unpaired) electrons.